The van der Waals surface area contributed by atoms with Gasteiger partial charge in [0.15, 0.2) is 18.2 Å². The van der Waals surface area contributed by atoms with Gasteiger partial charge < -0.3 is 29.0 Å². The average Bonchev–Trinajstić information content (AvgIpc) is 3.01. The topological polar surface area (TPSA) is 114 Å². The summed E-state index contributed by atoms with van der Waals surface area (Å²) < 4.78 is 28.9. The first-order valence-electron chi connectivity index (χ1n) is 13.3. The van der Waals surface area contributed by atoms with Crippen molar-refractivity contribution in [3.8, 4) is 34.1 Å². The molecule has 220 valence electrons. The number of esters is 1. The molecule has 1 heterocycles. The lowest BCUT2D eigenvalue weighted by Gasteiger charge is -2.25. The number of ether oxygens (including phenoxy) is 5. The van der Waals surface area contributed by atoms with Gasteiger partial charge in [0.25, 0.3) is 5.56 Å². The fourth-order valence-corrected chi connectivity index (χ4v) is 4.79. The molecule has 0 saturated heterocycles. The number of rotatable bonds is 11. The maximum absolute atomic E-state index is 14.1. The van der Waals surface area contributed by atoms with Gasteiger partial charge in [-0.15, -0.1) is 0 Å². The lowest BCUT2D eigenvalue weighted by molar-refractivity contribution is -0.145. The predicted molar refractivity (Wildman–Crippen MR) is 159 cm³/mol. The number of benzene rings is 3. The van der Waals surface area contributed by atoms with Crippen LogP contribution in [-0.2, 0) is 14.3 Å². The van der Waals surface area contributed by atoms with Crippen molar-refractivity contribution in [2.24, 2.45) is 0 Å². The molecular weight excluding hydrogens is 540 g/mol. The molecule has 0 fully saturated rings. The summed E-state index contributed by atoms with van der Waals surface area (Å²) in [4.78, 5) is 39.6. The zero-order valence-electron chi connectivity index (χ0n) is 24.5. The number of hydrogen-bond acceptors (Lipinski definition) is 8. The second-order valence-corrected chi connectivity index (χ2v) is 9.40. The second-order valence-electron chi connectivity index (χ2n) is 9.40. The molecule has 0 spiro atoms. The lowest BCUT2D eigenvalue weighted by atomic mass is 9.97. The summed E-state index contributed by atoms with van der Waals surface area (Å²) in [6, 6.07) is 16.5. The summed E-state index contributed by atoms with van der Waals surface area (Å²) in [5.41, 5.74) is 2.73. The molecule has 4 aromatic rings. The Morgan fingerprint density at radius 2 is 1.52 bits per heavy atom. The van der Waals surface area contributed by atoms with Gasteiger partial charge >= 0.3 is 5.97 Å². The third-order valence-electron chi connectivity index (χ3n) is 6.91. The minimum atomic E-state index is -1.13. The van der Waals surface area contributed by atoms with E-state index in [1.165, 1.54) is 32.0 Å². The molecule has 42 heavy (non-hydrogen) atoms. The highest BCUT2D eigenvalue weighted by molar-refractivity contribution is 6.03. The number of hydrogen-bond donors (Lipinski definition) is 1. The van der Waals surface area contributed by atoms with E-state index in [-0.39, 0.29) is 13.2 Å². The summed E-state index contributed by atoms with van der Waals surface area (Å²) in [7, 11) is 6.04. The molecule has 0 bridgehead atoms. The number of amides is 1. The Hall–Kier alpha value is -4.99. The molecule has 4 rings (SSSR count). The minimum Gasteiger partial charge on any atom is -0.497 e. The summed E-state index contributed by atoms with van der Waals surface area (Å²) in [6.45, 7) is 3.24. The van der Waals surface area contributed by atoms with Gasteiger partial charge in [0.2, 0.25) is 11.7 Å². The van der Waals surface area contributed by atoms with E-state index in [4.69, 9.17) is 23.7 Å². The molecule has 1 N–H and O–H groups in total. The van der Waals surface area contributed by atoms with Crippen LogP contribution in [0.15, 0.2) is 65.5 Å². The van der Waals surface area contributed by atoms with E-state index >= 15 is 0 Å². The summed E-state index contributed by atoms with van der Waals surface area (Å²) in [6.07, 6.45) is 0.162. The Labute approximate surface area is 243 Å². The number of aromatic nitrogens is 1. The third-order valence-corrected chi connectivity index (χ3v) is 6.91. The van der Waals surface area contributed by atoms with Crippen LogP contribution in [-0.4, -0.2) is 51.6 Å². The third kappa shape index (κ3) is 5.88. The molecule has 1 atom stereocenters. The monoisotopic (exact) mass is 574 g/mol. The fourth-order valence-electron chi connectivity index (χ4n) is 4.79. The van der Waals surface area contributed by atoms with Gasteiger partial charge in [0.1, 0.15) is 11.8 Å². The first-order chi connectivity index (χ1) is 20.3. The van der Waals surface area contributed by atoms with E-state index < -0.39 is 23.5 Å². The van der Waals surface area contributed by atoms with Gasteiger partial charge in [-0.3, -0.25) is 19.0 Å². The van der Waals surface area contributed by atoms with Crippen LogP contribution in [0, 0.1) is 6.92 Å². The molecule has 0 aliphatic heterocycles. The first kappa shape index (κ1) is 30.0. The van der Waals surface area contributed by atoms with Gasteiger partial charge in [0.05, 0.1) is 39.3 Å². The normalized spacial score (nSPS) is 11.5. The number of nitrogens with one attached hydrogen (secondary N) is 1. The van der Waals surface area contributed by atoms with Crippen molar-refractivity contribution >= 4 is 22.8 Å². The highest BCUT2D eigenvalue weighted by Crippen LogP contribution is 2.47. The molecule has 0 aliphatic rings. The van der Waals surface area contributed by atoms with E-state index in [0.717, 1.165) is 11.1 Å². The van der Waals surface area contributed by atoms with Crippen LogP contribution in [0.3, 0.4) is 0 Å². The number of nitrogens with zero attached hydrogens (tertiary/aromatic N) is 1. The van der Waals surface area contributed by atoms with Crippen LogP contribution < -0.4 is 29.8 Å². The molecule has 1 unspecified atom stereocenters. The van der Waals surface area contributed by atoms with Crippen LogP contribution in [0.1, 0.15) is 30.5 Å². The van der Waals surface area contributed by atoms with Crippen molar-refractivity contribution in [2.45, 2.75) is 26.3 Å². The first-order valence-corrected chi connectivity index (χ1v) is 13.3. The number of fused-ring (bicyclic) bond motifs is 1. The summed E-state index contributed by atoms with van der Waals surface area (Å²) >= 11 is 0. The Bertz CT molecular complexity index is 1640. The molecule has 10 heteroatoms. The molecule has 1 amide bonds. The SMILES string of the molecule is CCC(=O)OCNC(=O)C(c1ccc(C)cc1)n1c(=O)cc(-c2ccc(OC)cc2)c2c(OC)c(OC)c(OC)cc21. The van der Waals surface area contributed by atoms with Crippen LogP contribution in [0.25, 0.3) is 22.0 Å². The van der Waals surface area contributed by atoms with E-state index in [9.17, 15) is 14.4 Å². The minimum absolute atomic E-state index is 0.162. The Kier molecular flexibility index (Phi) is 9.36. The quantitative estimate of drug-likeness (QED) is 0.204. The standard InChI is InChI=1S/C32H34N2O8/c1-7-27(36)42-18-33-32(37)29(21-10-8-19(2)9-11-21)34-24-17-25(39-4)30(40-5)31(41-6)28(24)23(16-26(34)35)20-12-14-22(38-3)15-13-20/h8-17,29H,7,18H2,1-6H3,(H,33,37). The lowest BCUT2D eigenvalue weighted by Crippen LogP contribution is -2.39. The molecule has 1 aromatic heterocycles. The van der Waals surface area contributed by atoms with Gasteiger partial charge in [-0.05, 0) is 30.2 Å². The molecule has 10 nitrogen and oxygen atoms in total. The van der Waals surface area contributed by atoms with Crippen molar-refractivity contribution in [1.82, 2.24) is 9.88 Å². The molecule has 0 radical (unpaired) electrons. The summed E-state index contributed by atoms with van der Waals surface area (Å²) in [5, 5.41) is 3.18. The number of carbonyl (C=O) groups excluding carboxylic acids is 2. The maximum atomic E-state index is 14.1. The van der Waals surface area contributed by atoms with E-state index in [0.29, 0.717) is 45.0 Å². The van der Waals surface area contributed by atoms with Crippen molar-refractivity contribution in [1.29, 1.82) is 0 Å². The van der Waals surface area contributed by atoms with Gasteiger partial charge in [-0.25, -0.2) is 0 Å². The van der Waals surface area contributed by atoms with Gasteiger partial charge in [-0.1, -0.05) is 48.9 Å². The average molecular weight is 575 g/mol. The number of aryl methyl sites for hydroxylation is 1. The number of pyridine rings is 1. The van der Waals surface area contributed by atoms with Gasteiger partial charge in [-0.2, -0.15) is 0 Å². The second kappa shape index (κ2) is 13.1. The molecular formula is C32H34N2O8. The highest BCUT2D eigenvalue weighted by atomic mass is 16.5. The smallest absolute Gasteiger partial charge is 0.307 e. The largest absolute Gasteiger partial charge is 0.497 e. The van der Waals surface area contributed by atoms with Crippen LogP contribution in [0.2, 0.25) is 0 Å². The highest BCUT2D eigenvalue weighted by Gasteiger charge is 2.29. The van der Waals surface area contributed by atoms with Crippen molar-refractivity contribution in [2.75, 3.05) is 35.2 Å². The number of methoxy groups -OCH3 is 4. The summed E-state index contributed by atoms with van der Waals surface area (Å²) in [5.74, 6) is 0.610. The zero-order valence-corrected chi connectivity index (χ0v) is 24.5. The maximum Gasteiger partial charge on any atom is 0.307 e. The zero-order chi connectivity index (χ0) is 30.4. The van der Waals surface area contributed by atoms with E-state index in [1.54, 1.807) is 44.4 Å². The fraction of sp³-hybridized carbons (Fsp3) is 0.281. The Morgan fingerprint density at radius 1 is 0.857 bits per heavy atom. The van der Waals surface area contributed by atoms with Crippen molar-refractivity contribution < 1.29 is 33.3 Å². The van der Waals surface area contributed by atoms with Crippen LogP contribution >= 0.6 is 0 Å². The van der Waals surface area contributed by atoms with E-state index in [1.807, 2.05) is 31.2 Å². The Balaban J connectivity index is 2.06. The predicted octanol–water partition coefficient (Wildman–Crippen LogP) is 4.63. The van der Waals surface area contributed by atoms with E-state index in [2.05, 4.69) is 5.32 Å². The Morgan fingerprint density at radius 3 is 2.10 bits per heavy atom. The number of carbonyl (C=O) groups is 2. The van der Waals surface area contributed by atoms with Gasteiger partial charge in [0, 0.05) is 24.1 Å². The van der Waals surface area contributed by atoms with Crippen molar-refractivity contribution in [3.05, 3.63) is 82.1 Å². The van der Waals surface area contributed by atoms with Crippen molar-refractivity contribution in [3.63, 3.8) is 0 Å². The van der Waals surface area contributed by atoms with Crippen LogP contribution in [0.4, 0.5) is 0 Å². The van der Waals surface area contributed by atoms with Crippen LogP contribution in [0.5, 0.6) is 23.0 Å². The molecule has 3 aromatic carbocycles. The molecule has 0 aliphatic carbocycles. The molecule has 0 saturated carbocycles.